The largest absolute Gasteiger partial charge is 0.388 e. The van der Waals surface area contributed by atoms with Crippen molar-refractivity contribution in [3.63, 3.8) is 0 Å². The van der Waals surface area contributed by atoms with Crippen LogP contribution >= 0.6 is 12.6 Å². The van der Waals surface area contributed by atoms with Crippen molar-refractivity contribution in [1.82, 2.24) is 0 Å². The van der Waals surface area contributed by atoms with Crippen LogP contribution in [0.2, 0.25) is 0 Å². The highest BCUT2D eigenvalue weighted by Crippen LogP contribution is 2.40. The summed E-state index contributed by atoms with van der Waals surface area (Å²) in [6.07, 6.45) is 5.25. The molecule has 0 fully saturated rings. The molecule has 1 atom stereocenters. The van der Waals surface area contributed by atoms with Crippen molar-refractivity contribution in [2.75, 3.05) is 0 Å². The van der Waals surface area contributed by atoms with Crippen molar-refractivity contribution < 1.29 is 5.11 Å². The fourth-order valence-corrected chi connectivity index (χ4v) is 3.28. The molecule has 2 aliphatic carbocycles. The van der Waals surface area contributed by atoms with Crippen molar-refractivity contribution >= 4 is 12.6 Å². The van der Waals surface area contributed by atoms with E-state index in [1.165, 1.54) is 40.8 Å². The van der Waals surface area contributed by atoms with Crippen LogP contribution in [-0.4, -0.2) is 5.11 Å². The summed E-state index contributed by atoms with van der Waals surface area (Å²) in [5.74, 6) is 0. The van der Waals surface area contributed by atoms with Gasteiger partial charge in [0.2, 0.25) is 0 Å². The maximum absolute atomic E-state index is 9.80. The number of aryl methyl sites for hydroxylation is 1. The molecule has 1 aromatic carbocycles. The Morgan fingerprint density at radius 2 is 2.07 bits per heavy atom. The zero-order valence-corrected chi connectivity index (χ0v) is 8.98. The molecule has 0 aliphatic heterocycles. The maximum Gasteiger partial charge on any atom is 0.0796 e. The average molecular weight is 206 g/mol. The predicted octanol–water partition coefficient (Wildman–Crippen LogP) is 2.44. The second-order valence-corrected chi connectivity index (χ2v) is 4.79. The molecule has 0 spiro atoms. The predicted molar refractivity (Wildman–Crippen MR) is 59.0 cm³/mol. The highest BCUT2D eigenvalue weighted by molar-refractivity contribution is 7.80. The second-order valence-electron chi connectivity index (χ2n) is 4.34. The summed E-state index contributed by atoms with van der Waals surface area (Å²) in [6, 6.07) is 2.22. The first-order valence-electron chi connectivity index (χ1n) is 5.32. The van der Waals surface area contributed by atoms with Crippen LogP contribution < -0.4 is 0 Å². The van der Waals surface area contributed by atoms with E-state index in [9.17, 15) is 5.11 Å². The highest BCUT2D eigenvalue weighted by Gasteiger charge is 2.26. The number of aliphatic hydroxyl groups excluding tert-OH is 1. The molecule has 14 heavy (non-hydrogen) atoms. The minimum absolute atomic E-state index is 0.234. The smallest absolute Gasteiger partial charge is 0.0796 e. The Morgan fingerprint density at radius 1 is 1.21 bits per heavy atom. The van der Waals surface area contributed by atoms with Gasteiger partial charge in [0.1, 0.15) is 0 Å². The second kappa shape index (κ2) is 3.01. The van der Waals surface area contributed by atoms with Gasteiger partial charge in [0.15, 0.2) is 0 Å². The van der Waals surface area contributed by atoms with Gasteiger partial charge in [-0.1, -0.05) is 6.07 Å². The fourth-order valence-electron chi connectivity index (χ4n) is 2.79. The van der Waals surface area contributed by atoms with E-state index in [2.05, 4.69) is 18.7 Å². The number of benzene rings is 1. The number of hydrogen-bond donors (Lipinski definition) is 2. The molecule has 0 aromatic heterocycles. The summed E-state index contributed by atoms with van der Waals surface area (Å²) in [6.45, 7) is 0. The number of aliphatic hydroxyl groups is 1. The summed E-state index contributed by atoms with van der Waals surface area (Å²) >= 11 is 4.62. The van der Waals surface area contributed by atoms with Gasteiger partial charge in [0, 0.05) is 4.90 Å². The van der Waals surface area contributed by atoms with Crippen molar-refractivity contribution in [3.8, 4) is 0 Å². The Balaban J connectivity index is 2.24. The standard InChI is InChI=1S/C12H14OS/c13-11-5-4-9-10(11)6-7-2-1-3-8(7)12(9)14/h6,11,13-14H,1-5H2. The van der Waals surface area contributed by atoms with E-state index in [-0.39, 0.29) is 6.10 Å². The van der Waals surface area contributed by atoms with E-state index in [0.29, 0.717) is 0 Å². The third-order valence-corrected chi connectivity index (χ3v) is 4.08. The van der Waals surface area contributed by atoms with Gasteiger partial charge < -0.3 is 5.11 Å². The van der Waals surface area contributed by atoms with E-state index >= 15 is 0 Å². The first-order chi connectivity index (χ1) is 6.77. The summed E-state index contributed by atoms with van der Waals surface area (Å²) in [5.41, 5.74) is 5.33. The van der Waals surface area contributed by atoms with Gasteiger partial charge in [-0.25, -0.2) is 0 Å². The van der Waals surface area contributed by atoms with Gasteiger partial charge in [-0.2, -0.15) is 0 Å². The van der Waals surface area contributed by atoms with Crippen molar-refractivity contribution in [1.29, 1.82) is 0 Å². The fraction of sp³-hybridized carbons (Fsp3) is 0.500. The van der Waals surface area contributed by atoms with Crippen LogP contribution in [0.3, 0.4) is 0 Å². The SMILES string of the molecule is OC1CCc2c1cc1c(c2S)CCC1. The molecule has 1 N–H and O–H groups in total. The van der Waals surface area contributed by atoms with Crippen LogP contribution in [0.5, 0.6) is 0 Å². The molecule has 0 saturated heterocycles. The van der Waals surface area contributed by atoms with Crippen LogP contribution in [0.4, 0.5) is 0 Å². The highest BCUT2D eigenvalue weighted by atomic mass is 32.1. The van der Waals surface area contributed by atoms with Crippen LogP contribution in [0.25, 0.3) is 0 Å². The van der Waals surface area contributed by atoms with Crippen LogP contribution in [0, 0.1) is 0 Å². The topological polar surface area (TPSA) is 20.2 Å². The Labute approximate surface area is 89.6 Å². The molecule has 0 radical (unpaired) electrons. The number of fused-ring (bicyclic) bond motifs is 2. The maximum atomic E-state index is 9.80. The third-order valence-electron chi connectivity index (χ3n) is 3.54. The lowest BCUT2D eigenvalue weighted by Gasteiger charge is -2.11. The first-order valence-corrected chi connectivity index (χ1v) is 5.76. The van der Waals surface area contributed by atoms with Gasteiger partial charge in [0.25, 0.3) is 0 Å². The van der Waals surface area contributed by atoms with Gasteiger partial charge >= 0.3 is 0 Å². The molecule has 1 aromatic rings. The zero-order chi connectivity index (χ0) is 9.71. The number of thiol groups is 1. The Kier molecular flexibility index (Phi) is 1.89. The Morgan fingerprint density at radius 3 is 2.93 bits per heavy atom. The molecule has 0 bridgehead atoms. The third kappa shape index (κ3) is 1.07. The summed E-state index contributed by atoms with van der Waals surface area (Å²) in [5, 5.41) is 9.80. The molecular weight excluding hydrogens is 192 g/mol. The Hall–Kier alpha value is -0.470. The van der Waals surface area contributed by atoms with E-state index in [0.717, 1.165) is 18.4 Å². The number of rotatable bonds is 0. The molecule has 3 rings (SSSR count). The van der Waals surface area contributed by atoms with E-state index < -0.39 is 0 Å². The minimum Gasteiger partial charge on any atom is -0.388 e. The van der Waals surface area contributed by atoms with Crippen LogP contribution in [0.15, 0.2) is 11.0 Å². The van der Waals surface area contributed by atoms with Crippen molar-refractivity contribution in [2.24, 2.45) is 0 Å². The van der Waals surface area contributed by atoms with Gasteiger partial charge in [-0.15, -0.1) is 12.6 Å². The first kappa shape index (κ1) is 8.81. The molecule has 2 aliphatic rings. The van der Waals surface area contributed by atoms with Crippen LogP contribution in [0.1, 0.15) is 41.2 Å². The molecule has 74 valence electrons. The van der Waals surface area contributed by atoms with Crippen molar-refractivity contribution in [2.45, 2.75) is 43.1 Å². The van der Waals surface area contributed by atoms with E-state index in [4.69, 9.17) is 0 Å². The quantitative estimate of drug-likeness (QED) is 0.625. The minimum atomic E-state index is -0.234. The number of hydrogen-bond acceptors (Lipinski definition) is 2. The monoisotopic (exact) mass is 206 g/mol. The van der Waals surface area contributed by atoms with E-state index in [1.807, 2.05) is 0 Å². The lowest BCUT2D eigenvalue weighted by atomic mass is 10.0. The normalized spacial score (nSPS) is 23.7. The lowest BCUT2D eigenvalue weighted by molar-refractivity contribution is 0.180. The van der Waals surface area contributed by atoms with Crippen LogP contribution in [-0.2, 0) is 19.3 Å². The summed E-state index contributed by atoms with van der Waals surface area (Å²) in [7, 11) is 0. The van der Waals surface area contributed by atoms with Gasteiger partial charge in [0.05, 0.1) is 6.10 Å². The molecule has 2 heteroatoms. The zero-order valence-electron chi connectivity index (χ0n) is 8.08. The van der Waals surface area contributed by atoms with Gasteiger partial charge in [-0.3, -0.25) is 0 Å². The lowest BCUT2D eigenvalue weighted by Crippen LogP contribution is -1.95. The van der Waals surface area contributed by atoms with Gasteiger partial charge in [-0.05, 0) is 54.4 Å². The van der Waals surface area contributed by atoms with Crippen molar-refractivity contribution in [3.05, 3.63) is 28.3 Å². The molecular formula is C12H14OS. The molecule has 0 saturated carbocycles. The Bertz CT molecular complexity index is 398. The average Bonchev–Trinajstić information content (AvgIpc) is 2.75. The molecule has 0 amide bonds. The van der Waals surface area contributed by atoms with E-state index in [1.54, 1.807) is 0 Å². The summed E-state index contributed by atoms with van der Waals surface area (Å²) < 4.78 is 0. The molecule has 0 heterocycles. The molecule has 1 nitrogen and oxygen atoms in total. The molecule has 1 unspecified atom stereocenters. The summed E-state index contributed by atoms with van der Waals surface area (Å²) in [4.78, 5) is 1.17.